The SMILES string of the molecule is O=C(O)[C@H]1CCCCN1C(=O)C1CNCCO1. The zero-order valence-electron chi connectivity index (χ0n) is 9.72. The van der Waals surface area contributed by atoms with E-state index >= 15 is 0 Å². The number of morpholine rings is 1. The van der Waals surface area contributed by atoms with Crippen LogP contribution in [-0.4, -0.2) is 60.3 Å². The summed E-state index contributed by atoms with van der Waals surface area (Å²) in [4.78, 5) is 24.7. The Kier molecular flexibility index (Phi) is 3.96. The van der Waals surface area contributed by atoms with Gasteiger partial charge in [0.1, 0.15) is 12.1 Å². The summed E-state index contributed by atoms with van der Waals surface area (Å²) in [7, 11) is 0. The lowest BCUT2D eigenvalue weighted by Gasteiger charge is -2.36. The molecule has 1 amide bonds. The summed E-state index contributed by atoms with van der Waals surface area (Å²) in [6.45, 7) is 2.24. The average molecular weight is 242 g/mol. The molecule has 0 bridgehead atoms. The second-order valence-electron chi connectivity index (χ2n) is 4.45. The molecule has 96 valence electrons. The first-order valence-corrected chi connectivity index (χ1v) is 6.06. The van der Waals surface area contributed by atoms with E-state index in [1.807, 2.05) is 0 Å². The fraction of sp³-hybridized carbons (Fsp3) is 0.818. The Morgan fingerprint density at radius 1 is 1.35 bits per heavy atom. The lowest BCUT2D eigenvalue weighted by molar-refractivity contribution is -0.158. The van der Waals surface area contributed by atoms with Crippen LogP contribution in [0.3, 0.4) is 0 Å². The van der Waals surface area contributed by atoms with Crippen LogP contribution in [0.4, 0.5) is 0 Å². The molecule has 2 saturated heterocycles. The molecule has 1 unspecified atom stereocenters. The Labute approximate surface area is 99.9 Å². The molecule has 6 heteroatoms. The number of nitrogens with one attached hydrogen (secondary N) is 1. The van der Waals surface area contributed by atoms with Crippen LogP contribution >= 0.6 is 0 Å². The van der Waals surface area contributed by atoms with Gasteiger partial charge in [-0.25, -0.2) is 4.79 Å². The van der Waals surface area contributed by atoms with Crippen LogP contribution in [0.1, 0.15) is 19.3 Å². The number of carboxylic acid groups (broad SMARTS) is 1. The Morgan fingerprint density at radius 2 is 2.18 bits per heavy atom. The highest BCUT2D eigenvalue weighted by atomic mass is 16.5. The van der Waals surface area contributed by atoms with Crippen LogP contribution in [0.2, 0.25) is 0 Å². The van der Waals surface area contributed by atoms with E-state index < -0.39 is 18.1 Å². The third-order valence-corrected chi connectivity index (χ3v) is 3.27. The Bertz CT molecular complexity index is 302. The van der Waals surface area contributed by atoms with E-state index in [4.69, 9.17) is 9.84 Å². The van der Waals surface area contributed by atoms with Crippen LogP contribution in [-0.2, 0) is 14.3 Å². The number of nitrogens with zero attached hydrogens (tertiary/aromatic N) is 1. The maximum Gasteiger partial charge on any atom is 0.326 e. The van der Waals surface area contributed by atoms with E-state index in [-0.39, 0.29) is 5.91 Å². The van der Waals surface area contributed by atoms with Gasteiger partial charge in [0.25, 0.3) is 5.91 Å². The first kappa shape index (κ1) is 12.3. The van der Waals surface area contributed by atoms with Crippen LogP contribution in [0, 0.1) is 0 Å². The van der Waals surface area contributed by atoms with Crippen molar-refractivity contribution in [3.63, 3.8) is 0 Å². The summed E-state index contributed by atoms with van der Waals surface area (Å²) in [6, 6.07) is -0.679. The lowest BCUT2D eigenvalue weighted by Crippen LogP contribution is -2.55. The number of carbonyl (C=O) groups is 2. The van der Waals surface area contributed by atoms with Gasteiger partial charge in [-0.1, -0.05) is 0 Å². The van der Waals surface area contributed by atoms with Crippen molar-refractivity contribution in [2.75, 3.05) is 26.2 Å². The number of carboxylic acids is 1. The fourth-order valence-corrected chi connectivity index (χ4v) is 2.36. The second-order valence-corrected chi connectivity index (χ2v) is 4.45. The first-order chi connectivity index (χ1) is 8.20. The third-order valence-electron chi connectivity index (χ3n) is 3.27. The van der Waals surface area contributed by atoms with Gasteiger partial charge in [0, 0.05) is 19.6 Å². The van der Waals surface area contributed by atoms with Crippen LogP contribution in [0.25, 0.3) is 0 Å². The number of piperidine rings is 1. The van der Waals surface area contributed by atoms with Gasteiger partial charge in [-0.15, -0.1) is 0 Å². The zero-order valence-corrected chi connectivity index (χ0v) is 9.72. The normalized spacial score (nSPS) is 30.0. The molecule has 0 aromatic heterocycles. The molecule has 6 nitrogen and oxygen atoms in total. The molecule has 2 heterocycles. The number of likely N-dealkylation sites (tertiary alicyclic amines) is 1. The van der Waals surface area contributed by atoms with Gasteiger partial charge in [0.15, 0.2) is 0 Å². The summed E-state index contributed by atoms with van der Waals surface area (Å²) < 4.78 is 5.37. The molecule has 0 aliphatic carbocycles. The molecular weight excluding hydrogens is 224 g/mol. The fourth-order valence-electron chi connectivity index (χ4n) is 2.36. The number of amides is 1. The maximum absolute atomic E-state index is 12.2. The lowest BCUT2D eigenvalue weighted by atomic mass is 10.0. The highest BCUT2D eigenvalue weighted by Gasteiger charge is 2.36. The van der Waals surface area contributed by atoms with E-state index in [0.29, 0.717) is 26.1 Å². The predicted octanol–water partition coefficient (Wildman–Crippen LogP) is -0.559. The molecule has 0 aromatic rings. The minimum atomic E-state index is -0.915. The Hall–Kier alpha value is -1.14. The average Bonchev–Trinajstić information content (AvgIpc) is 2.39. The number of hydrogen-bond acceptors (Lipinski definition) is 4. The van der Waals surface area contributed by atoms with Gasteiger partial charge in [0.2, 0.25) is 0 Å². The zero-order chi connectivity index (χ0) is 12.3. The Morgan fingerprint density at radius 3 is 2.82 bits per heavy atom. The first-order valence-electron chi connectivity index (χ1n) is 6.06. The van der Waals surface area contributed by atoms with Crippen molar-refractivity contribution in [1.29, 1.82) is 0 Å². The van der Waals surface area contributed by atoms with Crippen molar-refractivity contribution in [3.8, 4) is 0 Å². The summed E-state index contributed by atoms with van der Waals surface area (Å²) in [5, 5.41) is 12.2. The number of hydrogen-bond donors (Lipinski definition) is 2. The molecule has 0 aromatic carbocycles. The molecule has 2 fully saturated rings. The summed E-state index contributed by atoms with van der Waals surface area (Å²) in [5.74, 6) is -1.11. The minimum Gasteiger partial charge on any atom is -0.480 e. The monoisotopic (exact) mass is 242 g/mol. The highest BCUT2D eigenvalue weighted by Crippen LogP contribution is 2.19. The van der Waals surface area contributed by atoms with Crippen LogP contribution < -0.4 is 5.32 Å². The number of carbonyl (C=O) groups excluding carboxylic acids is 1. The predicted molar refractivity (Wildman–Crippen MR) is 59.6 cm³/mol. The van der Waals surface area contributed by atoms with Crippen molar-refractivity contribution >= 4 is 11.9 Å². The molecule has 2 rings (SSSR count). The van der Waals surface area contributed by atoms with Gasteiger partial charge in [-0.3, -0.25) is 4.79 Å². The number of rotatable bonds is 2. The second kappa shape index (κ2) is 5.46. The van der Waals surface area contributed by atoms with Gasteiger partial charge in [-0.05, 0) is 19.3 Å². The van der Waals surface area contributed by atoms with Crippen molar-refractivity contribution in [2.45, 2.75) is 31.4 Å². The molecule has 0 saturated carbocycles. The molecule has 2 N–H and O–H groups in total. The van der Waals surface area contributed by atoms with E-state index in [9.17, 15) is 9.59 Å². The number of aliphatic carboxylic acids is 1. The highest BCUT2D eigenvalue weighted by molar-refractivity contribution is 5.86. The van der Waals surface area contributed by atoms with Gasteiger partial charge in [0.05, 0.1) is 6.61 Å². The van der Waals surface area contributed by atoms with E-state index in [1.165, 1.54) is 4.90 Å². The summed E-state index contributed by atoms with van der Waals surface area (Å²) >= 11 is 0. The smallest absolute Gasteiger partial charge is 0.326 e. The third kappa shape index (κ3) is 2.76. The molecule has 0 radical (unpaired) electrons. The standard InChI is InChI=1S/C11H18N2O4/c14-10(9-7-12-4-6-17-9)13-5-2-1-3-8(13)11(15)16/h8-9,12H,1-7H2,(H,15,16)/t8-,9?/m1/s1. The van der Waals surface area contributed by atoms with E-state index in [1.54, 1.807) is 0 Å². The van der Waals surface area contributed by atoms with Gasteiger partial charge >= 0.3 is 5.97 Å². The Balaban J connectivity index is 2.02. The molecular formula is C11H18N2O4. The van der Waals surface area contributed by atoms with Crippen molar-refractivity contribution in [3.05, 3.63) is 0 Å². The van der Waals surface area contributed by atoms with Crippen LogP contribution in [0.15, 0.2) is 0 Å². The van der Waals surface area contributed by atoms with Gasteiger partial charge < -0.3 is 20.1 Å². The summed E-state index contributed by atoms with van der Waals surface area (Å²) in [5.41, 5.74) is 0. The van der Waals surface area contributed by atoms with Crippen LogP contribution in [0.5, 0.6) is 0 Å². The van der Waals surface area contributed by atoms with Crippen molar-refractivity contribution in [1.82, 2.24) is 10.2 Å². The number of ether oxygens (including phenoxy) is 1. The van der Waals surface area contributed by atoms with E-state index in [0.717, 1.165) is 19.4 Å². The molecule has 17 heavy (non-hydrogen) atoms. The minimum absolute atomic E-state index is 0.190. The van der Waals surface area contributed by atoms with E-state index in [2.05, 4.69) is 5.32 Å². The molecule has 0 spiro atoms. The molecule has 2 atom stereocenters. The van der Waals surface area contributed by atoms with Crippen molar-refractivity contribution < 1.29 is 19.4 Å². The molecule has 2 aliphatic rings. The summed E-state index contributed by atoms with van der Waals surface area (Å²) in [6.07, 6.45) is 1.75. The topological polar surface area (TPSA) is 78.9 Å². The van der Waals surface area contributed by atoms with Crippen molar-refractivity contribution in [2.24, 2.45) is 0 Å². The maximum atomic E-state index is 12.2. The quantitative estimate of drug-likeness (QED) is 0.678. The largest absolute Gasteiger partial charge is 0.480 e. The molecule has 2 aliphatic heterocycles. The van der Waals surface area contributed by atoms with Gasteiger partial charge in [-0.2, -0.15) is 0 Å².